The van der Waals surface area contributed by atoms with E-state index >= 15 is 0 Å². The summed E-state index contributed by atoms with van der Waals surface area (Å²) in [6, 6.07) is 68.6. The molecule has 12 rings (SSSR count). The molecule has 0 fully saturated rings. The molecule has 0 unspecified atom stereocenters. The van der Waals surface area contributed by atoms with Gasteiger partial charge < -0.3 is 19.0 Å². The summed E-state index contributed by atoms with van der Waals surface area (Å²) in [6.07, 6.45) is 1.92. The molecule has 4 heterocycles. The Morgan fingerprint density at radius 1 is 0.500 bits per heavy atom. The molecule has 0 N–H and O–H groups in total. The highest BCUT2D eigenvalue weighted by molar-refractivity contribution is 6.11. The van der Waals surface area contributed by atoms with Gasteiger partial charge in [0.2, 0.25) is 0 Å². The fourth-order valence-corrected chi connectivity index (χ4v) is 9.54. The number of anilines is 4. The van der Waals surface area contributed by atoms with Crippen molar-refractivity contribution >= 4 is 66.5 Å². The number of rotatable bonds is 7. The number of ether oxygens (including phenoxy) is 1. The van der Waals surface area contributed by atoms with Crippen LogP contribution in [0.25, 0.3) is 71.8 Å². The number of benzene rings is 8. The van der Waals surface area contributed by atoms with Crippen LogP contribution < -0.4 is 14.5 Å². The molecule has 6 nitrogen and oxygen atoms in total. The second-order valence-electron chi connectivity index (χ2n) is 17.7. The normalized spacial score (nSPS) is 12.8. The van der Waals surface area contributed by atoms with E-state index in [9.17, 15) is 0 Å². The number of nitrogens with zero attached hydrogens (tertiary/aromatic N) is 4. The lowest BCUT2D eigenvalue weighted by molar-refractivity contribution is 0.483. The second kappa shape index (κ2) is 14.8. The highest BCUT2D eigenvalue weighted by Crippen LogP contribution is 2.52. The Balaban J connectivity index is 0.985. The van der Waals surface area contributed by atoms with Crippen molar-refractivity contribution in [2.24, 2.45) is 0 Å². The molecule has 1 aliphatic rings. The van der Waals surface area contributed by atoms with Gasteiger partial charge in [0.05, 0.1) is 28.1 Å². The Kier molecular flexibility index (Phi) is 8.70. The van der Waals surface area contributed by atoms with E-state index in [0.717, 1.165) is 101 Å². The zero-order valence-electron chi connectivity index (χ0n) is 35.9. The van der Waals surface area contributed by atoms with Gasteiger partial charge in [0.15, 0.2) is 0 Å². The van der Waals surface area contributed by atoms with Crippen molar-refractivity contribution in [2.75, 3.05) is 16.5 Å². The van der Waals surface area contributed by atoms with Crippen LogP contribution in [-0.4, -0.2) is 16.2 Å². The summed E-state index contributed by atoms with van der Waals surface area (Å²) in [6.45, 7) is 7.28. The molecular formula is C58H44N4O2. The highest BCUT2D eigenvalue weighted by atomic mass is 16.5. The number of para-hydroxylation sites is 3. The Morgan fingerprint density at radius 2 is 1.16 bits per heavy atom. The molecule has 1 aliphatic heterocycles. The molecule has 8 aromatic carbocycles. The number of furan rings is 1. The third-order valence-electron chi connectivity index (χ3n) is 12.7. The molecule has 0 amide bonds. The van der Waals surface area contributed by atoms with E-state index in [1.807, 2.05) is 24.4 Å². The lowest BCUT2D eigenvalue weighted by Crippen LogP contribution is -2.25. The van der Waals surface area contributed by atoms with Gasteiger partial charge in [-0.15, -0.1) is 0 Å². The van der Waals surface area contributed by atoms with Crippen LogP contribution in [-0.2, 0) is 5.41 Å². The van der Waals surface area contributed by atoms with Gasteiger partial charge in [0.1, 0.15) is 35.2 Å². The van der Waals surface area contributed by atoms with Gasteiger partial charge in [-0.25, -0.2) is 4.98 Å². The average Bonchev–Trinajstić information content (AvgIpc) is 4.00. The van der Waals surface area contributed by atoms with Crippen molar-refractivity contribution in [3.05, 3.63) is 206 Å². The summed E-state index contributed by atoms with van der Waals surface area (Å²) >= 11 is 0. The number of fused-ring (bicyclic) bond motifs is 7. The lowest BCUT2D eigenvalue weighted by atomic mass is 9.88. The number of aromatic nitrogens is 2. The number of pyridine rings is 1. The predicted molar refractivity (Wildman–Crippen MR) is 264 cm³/mol. The van der Waals surface area contributed by atoms with E-state index in [1.54, 1.807) is 0 Å². The van der Waals surface area contributed by atoms with Crippen molar-refractivity contribution in [1.29, 1.82) is 0 Å². The fourth-order valence-electron chi connectivity index (χ4n) is 9.54. The summed E-state index contributed by atoms with van der Waals surface area (Å²) in [4.78, 5) is 9.75. The van der Waals surface area contributed by atoms with Crippen molar-refractivity contribution in [3.63, 3.8) is 0 Å². The van der Waals surface area contributed by atoms with E-state index in [1.165, 1.54) is 10.9 Å². The van der Waals surface area contributed by atoms with Crippen LogP contribution in [0, 0.1) is 0 Å². The van der Waals surface area contributed by atoms with Gasteiger partial charge in [0.25, 0.3) is 0 Å². The highest BCUT2D eigenvalue weighted by Gasteiger charge is 2.33. The number of hydrogen-bond donors (Lipinski definition) is 0. The molecule has 0 radical (unpaired) electrons. The fraction of sp³-hybridized carbons (Fsp3) is 0.0862. The topological polar surface area (TPSA) is 46.7 Å². The molecule has 0 atom stereocenters. The van der Waals surface area contributed by atoms with Crippen LogP contribution in [0.15, 0.2) is 205 Å². The predicted octanol–water partition coefficient (Wildman–Crippen LogP) is 15.7. The maximum absolute atomic E-state index is 6.82. The Labute approximate surface area is 371 Å². The lowest BCUT2D eigenvalue weighted by Gasteiger charge is -2.27. The Hall–Kier alpha value is -8.09. The van der Waals surface area contributed by atoms with Crippen LogP contribution in [0.3, 0.4) is 0 Å². The van der Waals surface area contributed by atoms with Crippen LogP contribution in [0.1, 0.15) is 26.3 Å². The molecule has 64 heavy (non-hydrogen) atoms. The molecule has 0 saturated heterocycles. The standard InChI is InChI=1S/C58H44N4O2/c1-58(2,3)40-30-31-59-56(32-40)62-50-26-12-10-22-46(50)47-29-28-43(34-51(47)62)63-42-21-14-20-41(33-42)60-37-61(52-35-49-48-23-11-13-27-54(48)64-55(49)36-53(52)60)57-44(38-16-6-4-7-17-38)24-15-25-45(57)39-18-8-5-9-19-39/h4-36H,37H2,1-3H3. The van der Waals surface area contributed by atoms with Crippen LogP contribution in [0.4, 0.5) is 22.7 Å². The quantitative estimate of drug-likeness (QED) is 0.160. The molecule has 0 bridgehead atoms. The Bertz CT molecular complexity index is 3510. The SMILES string of the molecule is CC(C)(C)c1ccnc(-n2c3ccccc3c3ccc(Oc4cccc(N5CN(c6c(-c7ccccc7)cccc6-c6ccccc6)c6cc7c(cc65)oc5ccccc57)c4)cc32)c1. The minimum atomic E-state index is -0.0177. The van der Waals surface area contributed by atoms with Gasteiger partial charge in [0, 0.05) is 62.8 Å². The first kappa shape index (κ1) is 37.7. The minimum Gasteiger partial charge on any atom is -0.457 e. The first-order chi connectivity index (χ1) is 31.4. The van der Waals surface area contributed by atoms with Crippen LogP contribution in [0.2, 0.25) is 0 Å². The smallest absolute Gasteiger partial charge is 0.137 e. The van der Waals surface area contributed by atoms with Crippen molar-refractivity contribution in [3.8, 4) is 39.6 Å². The first-order valence-electron chi connectivity index (χ1n) is 21.9. The van der Waals surface area contributed by atoms with Crippen LogP contribution in [0.5, 0.6) is 11.5 Å². The van der Waals surface area contributed by atoms with Gasteiger partial charge in [-0.05, 0) is 76.7 Å². The monoisotopic (exact) mass is 828 g/mol. The largest absolute Gasteiger partial charge is 0.457 e. The van der Waals surface area contributed by atoms with E-state index in [-0.39, 0.29) is 5.41 Å². The van der Waals surface area contributed by atoms with E-state index in [0.29, 0.717) is 6.67 Å². The van der Waals surface area contributed by atoms with Crippen molar-refractivity contribution in [1.82, 2.24) is 9.55 Å². The second-order valence-corrected chi connectivity index (χ2v) is 17.7. The van der Waals surface area contributed by atoms with E-state index in [2.05, 4.69) is 211 Å². The molecule has 0 spiro atoms. The third kappa shape index (κ3) is 6.29. The summed E-state index contributed by atoms with van der Waals surface area (Å²) in [5.74, 6) is 2.38. The van der Waals surface area contributed by atoms with E-state index < -0.39 is 0 Å². The van der Waals surface area contributed by atoms with Crippen molar-refractivity contribution < 1.29 is 9.15 Å². The maximum Gasteiger partial charge on any atom is 0.137 e. The molecular weight excluding hydrogens is 785 g/mol. The van der Waals surface area contributed by atoms with Crippen molar-refractivity contribution in [2.45, 2.75) is 26.2 Å². The van der Waals surface area contributed by atoms with Crippen LogP contribution >= 0.6 is 0 Å². The summed E-state index contributed by atoms with van der Waals surface area (Å²) in [5, 5.41) is 4.51. The summed E-state index contributed by atoms with van der Waals surface area (Å²) in [7, 11) is 0. The van der Waals surface area contributed by atoms with E-state index in [4.69, 9.17) is 14.1 Å². The summed E-state index contributed by atoms with van der Waals surface area (Å²) in [5.41, 5.74) is 14.1. The van der Waals surface area contributed by atoms with Gasteiger partial charge >= 0.3 is 0 Å². The zero-order valence-corrected chi connectivity index (χ0v) is 35.9. The zero-order chi connectivity index (χ0) is 42.9. The minimum absolute atomic E-state index is 0.0177. The Morgan fingerprint density at radius 3 is 1.92 bits per heavy atom. The number of hydrogen-bond acceptors (Lipinski definition) is 5. The molecule has 3 aromatic heterocycles. The molecule has 0 aliphatic carbocycles. The van der Waals surface area contributed by atoms with Gasteiger partial charge in [-0.1, -0.05) is 142 Å². The van der Waals surface area contributed by atoms with Gasteiger partial charge in [-0.2, -0.15) is 0 Å². The van der Waals surface area contributed by atoms with Gasteiger partial charge in [-0.3, -0.25) is 4.57 Å². The molecule has 11 aromatic rings. The average molecular weight is 829 g/mol. The third-order valence-corrected chi connectivity index (χ3v) is 12.7. The molecule has 0 saturated carbocycles. The maximum atomic E-state index is 6.82. The molecule has 308 valence electrons. The first-order valence-corrected chi connectivity index (χ1v) is 21.9. The summed E-state index contributed by atoms with van der Waals surface area (Å²) < 4.78 is 15.6. The molecule has 6 heteroatoms.